The number of rotatable bonds is 5. The SMILES string of the molecule is Cc1cc(-c2cn(-c3ccc4c(c3)CC(N)(CO)CC4)nn2)ccc1OC(C)C. The molecule has 0 aliphatic heterocycles. The van der Waals surface area contributed by atoms with E-state index in [9.17, 15) is 5.11 Å². The highest BCUT2D eigenvalue weighted by Gasteiger charge is 2.30. The molecule has 2 aromatic carbocycles. The van der Waals surface area contributed by atoms with E-state index < -0.39 is 5.54 Å². The summed E-state index contributed by atoms with van der Waals surface area (Å²) in [5, 5.41) is 18.3. The average molecular weight is 393 g/mol. The lowest BCUT2D eigenvalue weighted by Gasteiger charge is -2.33. The molecule has 1 aliphatic rings. The Balaban J connectivity index is 1.60. The van der Waals surface area contributed by atoms with Crippen LogP contribution in [-0.2, 0) is 12.8 Å². The molecule has 0 bridgehead atoms. The van der Waals surface area contributed by atoms with Crippen molar-refractivity contribution in [2.24, 2.45) is 5.73 Å². The van der Waals surface area contributed by atoms with Gasteiger partial charge in [-0.15, -0.1) is 5.10 Å². The van der Waals surface area contributed by atoms with Crippen LogP contribution in [0, 0.1) is 6.92 Å². The fourth-order valence-corrected chi connectivity index (χ4v) is 3.87. The molecule has 152 valence electrons. The van der Waals surface area contributed by atoms with Crippen molar-refractivity contribution in [3.63, 3.8) is 0 Å². The highest BCUT2D eigenvalue weighted by atomic mass is 16.5. The lowest BCUT2D eigenvalue weighted by atomic mass is 9.79. The molecule has 29 heavy (non-hydrogen) atoms. The van der Waals surface area contributed by atoms with Crippen LogP contribution < -0.4 is 10.5 Å². The molecule has 1 aliphatic carbocycles. The number of aromatic nitrogens is 3. The topological polar surface area (TPSA) is 86.2 Å². The molecule has 4 rings (SSSR count). The third-order valence-electron chi connectivity index (χ3n) is 5.53. The molecule has 1 atom stereocenters. The Kier molecular flexibility index (Phi) is 5.15. The van der Waals surface area contributed by atoms with Gasteiger partial charge in [-0.1, -0.05) is 11.3 Å². The number of hydrogen-bond donors (Lipinski definition) is 2. The number of nitrogens with two attached hydrogens (primary N) is 1. The molecule has 0 spiro atoms. The number of ether oxygens (including phenoxy) is 1. The van der Waals surface area contributed by atoms with Gasteiger partial charge in [0.15, 0.2) is 0 Å². The molecule has 0 radical (unpaired) electrons. The summed E-state index contributed by atoms with van der Waals surface area (Å²) in [6.45, 7) is 6.08. The fourth-order valence-electron chi connectivity index (χ4n) is 3.87. The van der Waals surface area contributed by atoms with E-state index in [4.69, 9.17) is 10.5 Å². The lowest BCUT2D eigenvalue weighted by molar-refractivity contribution is 0.181. The monoisotopic (exact) mass is 392 g/mol. The predicted molar refractivity (Wildman–Crippen MR) is 113 cm³/mol. The largest absolute Gasteiger partial charge is 0.491 e. The van der Waals surface area contributed by atoms with E-state index in [0.29, 0.717) is 6.42 Å². The molecule has 3 N–H and O–H groups in total. The van der Waals surface area contributed by atoms with Crippen LogP contribution in [0.2, 0.25) is 0 Å². The third kappa shape index (κ3) is 4.04. The van der Waals surface area contributed by atoms with E-state index in [1.807, 2.05) is 39.1 Å². The smallest absolute Gasteiger partial charge is 0.122 e. The maximum absolute atomic E-state index is 9.62. The van der Waals surface area contributed by atoms with Gasteiger partial charge in [-0.25, -0.2) is 4.68 Å². The minimum absolute atomic E-state index is 0.0000110. The first kappa shape index (κ1) is 19.6. The molecule has 6 nitrogen and oxygen atoms in total. The molecular formula is C23H28N4O2. The molecule has 0 saturated heterocycles. The number of aliphatic hydroxyl groups excluding tert-OH is 1. The Morgan fingerprint density at radius 3 is 2.76 bits per heavy atom. The van der Waals surface area contributed by atoms with Crippen LogP contribution >= 0.6 is 0 Å². The fraction of sp³-hybridized carbons (Fsp3) is 0.391. The second-order valence-corrected chi connectivity index (χ2v) is 8.35. The van der Waals surface area contributed by atoms with Crippen LogP contribution in [0.4, 0.5) is 0 Å². The molecule has 0 amide bonds. The van der Waals surface area contributed by atoms with Crippen molar-refractivity contribution in [3.8, 4) is 22.7 Å². The Hall–Kier alpha value is -2.70. The molecule has 1 unspecified atom stereocenters. The van der Waals surface area contributed by atoms with E-state index in [1.165, 1.54) is 11.1 Å². The van der Waals surface area contributed by atoms with Crippen molar-refractivity contribution < 1.29 is 9.84 Å². The maximum atomic E-state index is 9.62. The first-order valence-electron chi connectivity index (χ1n) is 10.1. The van der Waals surface area contributed by atoms with Crippen molar-refractivity contribution in [1.82, 2.24) is 15.0 Å². The second-order valence-electron chi connectivity index (χ2n) is 8.35. The number of hydrogen-bond acceptors (Lipinski definition) is 5. The van der Waals surface area contributed by atoms with Gasteiger partial charge in [0.2, 0.25) is 0 Å². The van der Waals surface area contributed by atoms with Crippen LogP contribution in [-0.4, -0.2) is 38.4 Å². The zero-order valence-electron chi connectivity index (χ0n) is 17.2. The Bertz CT molecular complexity index is 1030. The molecule has 6 heteroatoms. The number of aryl methyl sites for hydroxylation is 2. The summed E-state index contributed by atoms with van der Waals surface area (Å²) in [6, 6.07) is 12.4. The Morgan fingerprint density at radius 2 is 2.03 bits per heavy atom. The summed E-state index contributed by atoms with van der Waals surface area (Å²) in [6.07, 6.45) is 4.44. The van der Waals surface area contributed by atoms with Gasteiger partial charge in [-0.05, 0) is 87.1 Å². The molecule has 1 heterocycles. The number of fused-ring (bicyclic) bond motifs is 1. The van der Waals surface area contributed by atoms with Gasteiger partial charge in [0, 0.05) is 11.1 Å². The maximum Gasteiger partial charge on any atom is 0.122 e. The van der Waals surface area contributed by atoms with Crippen molar-refractivity contribution in [1.29, 1.82) is 0 Å². The Labute approximate surface area is 171 Å². The number of benzene rings is 2. The number of aliphatic hydroxyl groups is 1. The Morgan fingerprint density at radius 1 is 1.21 bits per heavy atom. The van der Waals surface area contributed by atoms with E-state index in [0.717, 1.165) is 41.1 Å². The van der Waals surface area contributed by atoms with Gasteiger partial charge < -0.3 is 15.6 Å². The van der Waals surface area contributed by atoms with Gasteiger partial charge >= 0.3 is 0 Å². The zero-order valence-corrected chi connectivity index (χ0v) is 17.2. The first-order chi connectivity index (χ1) is 13.9. The van der Waals surface area contributed by atoms with E-state index in [1.54, 1.807) is 4.68 Å². The molecule has 3 aromatic rings. The highest BCUT2D eigenvalue weighted by Crippen LogP contribution is 2.29. The van der Waals surface area contributed by atoms with Crippen LogP contribution in [0.5, 0.6) is 5.75 Å². The molecule has 0 saturated carbocycles. The van der Waals surface area contributed by atoms with Crippen LogP contribution in [0.25, 0.3) is 16.9 Å². The summed E-state index contributed by atoms with van der Waals surface area (Å²) < 4.78 is 7.61. The zero-order chi connectivity index (χ0) is 20.6. The van der Waals surface area contributed by atoms with E-state index in [-0.39, 0.29) is 12.7 Å². The van der Waals surface area contributed by atoms with Crippen molar-refractivity contribution in [2.75, 3.05) is 6.61 Å². The van der Waals surface area contributed by atoms with Crippen LogP contribution in [0.15, 0.2) is 42.6 Å². The second kappa shape index (κ2) is 7.61. The van der Waals surface area contributed by atoms with Crippen LogP contribution in [0.3, 0.4) is 0 Å². The summed E-state index contributed by atoms with van der Waals surface area (Å²) >= 11 is 0. The minimum Gasteiger partial charge on any atom is -0.491 e. The predicted octanol–water partition coefficient (Wildman–Crippen LogP) is 3.21. The highest BCUT2D eigenvalue weighted by molar-refractivity contribution is 5.61. The molecule has 0 fully saturated rings. The van der Waals surface area contributed by atoms with Gasteiger partial charge in [0.25, 0.3) is 0 Å². The summed E-state index contributed by atoms with van der Waals surface area (Å²) in [7, 11) is 0. The summed E-state index contributed by atoms with van der Waals surface area (Å²) in [4.78, 5) is 0. The quantitative estimate of drug-likeness (QED) is 0.696. The third-order valence-corrected chi connectivity index (χ3v) is 5.53. The molecular weight excluding hydrogens is 364 g/mol. The lowest BCUT2D eigenvalue weighted by Crippen LogP contribution is -2.48. The van der Waals surface area contributed by atoms with Gasteiger partial charge in [0.05, 0.1) is 24.6 Å². The first-order valence-corrected chi connectivity index (χ1v) is 10.1. The van der Waals surface area contributed by atoms with Gasteiger partial charge in [-0.3, -0.25) is 0 Å². The minimum atomic E-state index is -0.531. The normalized spacial score (nSPS) is 18.7. The average Bonchev–Trinajstić information content (AvgIpc) is 3.19. The summed E-state index contributed by atoms with van der Waals surface area (Å²) in [5.74, 6) is 0.889. The van der Waals surface area contributed by atoms with Crippen molar-refractivity contribution in [2.45, 2.75) is 51.7 Å². The summed E-state index contributed by atoms with van der Waals surface area (Å²) in [5.41, 5.74) is 12.1. The van der Waals surface area contributed by atoms with Gasteiger partial charge in [0.1, 0.15) is 11.4 Å². The molecule has 1 aromatic heterocycles. The standard InChI is InChI=1S/C23H28N4O2/c1-15(2)29-22-7-5-18(10-16(22)3)21-13-27(26-25-21)20-6-4-17-8-9-23(24,14-28)12-19(17)11-20/h4-7,10-11,13,15,28H,8-9,12,14,24H2,1-3H3. The van der Waals surface area contributed by atoms with Crippen LogP contribution in [0.1, 0.15) is 37.0 Å². The van der Waals surface area contributed by atoms with E-state index in [2.05, 4.69) is 34.6 Å². The van der Waals surface area contributed by atoms with E-state index >= 15 is 0 Å². The van der Waals surface area contributed by atoms with Crippen molar-refractivity contribution >= 4 is 0 Å². The number of nitrogens with zero attached hydrogens (tertiary/aromatic N) is 3. The van der Waals surface area contributed by atoms with Gasteiger partial charge in [-0.2, -0.15) is 0 Å². The van der Waals surface area contributed by atoms with Crippen molar-refractivity contribution in [3.05, 3.63) is 59.3 Å².